The van der Waals surface area contributed by atoms with Gasteiger partial charge in [-0.25, -0.2) is 9.37 Å². The molecule has 1 N–H and O–H groups in total. The summed E-state index contributed by atoms with van der Waals surface area (Å²) in [6.45, 7) is 1.41. The summed E-state index contributed by atoms with van der Waals surface area (Å²) in [7, 11) is 0. The van der Waals surface area contributed by atoms with Crippen LogP contribution in [0.4, 0.5) is 34.8 Å². The van der Waals surface area contributed by atoms with Crippen molar-refractivity contribution in [1.82, 2.24) is 4.98 Å². The molecule has 0 saturated heterocycles. The summed E-state index contributed by atoms with van der Waals surface area (Å²) < 4.78 is 71.1. The zero-order chi connectivity index (χ0) is 27.0. The van der Waals surface area contributed by atoms with Crippen LogP contribution in [0.25, 0.3) is 0 Å². The predicted molar refractivity (Wildman–Crippen MR) is 127 cm³/mol. The van der Waals surface area contributed by atoms with E-state index in [1.165, 1.54) is 30.3 Å². The lowest BCUT2D eigenvalue weighted by Gasteiger charge is -2.29. The number of hydrogen-bond donors (Lipinski definition) is 1. The summed E-state index contributed by atoms with van der Waals surface area (Å²) in [6.07, 6.45) is -4.69. The first-order chi connectivity index (χ1) is 18.2. The molecule has 12 heteroatoms. The molecule has 1 aromatic heterocycles. The minimum Gasteiger partial charge on any atom is -0.489 e. The first-order valence-corrected chi connectivity index (χ1v) is 11.7. The second kappa shape index (κ2) is 9.84. The van der Waals surface area contributed by atoms with Gasteiger partial charge in [-0.05, 0) is 30.3 Å². The normalized spacial score (nSPS) is 17.6. The highest BCUT2D eigenvalue weighted by atomic mass is 19.4. The number of rotatable bonds is 6. The van der Waals surface area contributed by atoms with Gasteiger partial charge < -0.3 is 19.5 Å². The van der Waals surface area contributed by atoms with E-state index in [1.807, 2.05) is 0 Å². The van der Waals surface area contributed by atoms with Crippen molar-refractivity contribution in [1.29, 1.82) is 0 Å². The summed E-state index contributed by atoms with van der Waals surface area (Å²) in [5, 5.41) is 2.96. The molecule has 0 saturated carbocycles. The molecule has 2 aliphatic rings. The van der Waals surface area contributed by atoms with Gasteiger partial charge in [0.1, 0.15) is 36.3 Å². The van der Waals surface area contributed by atoms with Crippen LogP contribution < -0.4 is 19.7 Å². The largest absolute Gasteiger partial charge is 0.489 e. The number of nitrogens with one attached hydrogen (secondary N) is 1. The Morgan fingerprint density at radius 3 is 2.63 bits per heavy atom. The number of para-hydroxylation sites is 1. The molecule has 3 heterocycles. The lowest BCUT2D eigenvalue weighted by molar-refractivity contribution is -0.171. The number of nitrogens with zero attached hydrogens (tertiary/aromatic N) is 2. The van der Waals surface area contributed by atoms with Crippen LogP contribution in [0.2, 0.25) is 0 Å². The number of carbonyl (C=O) groups is 2. The van der Waals surface area contributed by atoms with Crippen LogP contribution in [-0.2, 0) is 14.3 Å². The van der Waals surface area contributed by atoms with Gasteiger partial charge in [-0.15, -0.1) is 0 Å². The summed E-state index contributed by atoms with van der Waals surface area (Å²) in [5.41, 5.74) is 1.16. The molecule has 2 aliphatic heterocycles. The number of carbonyl (C=O) groups excluding carboxylic acids is 2. The molecule has 2 atom stereocenters. The zero-order valence-electron chi connectivity index (χ0n) is 19.9. The third-order valence-corrected chi connectivity index (χ3v) is 6.13. The van der Waals surface area contributed by atoms with Crippen molar-refractivity contribution in [2.45, 2.75) is 31.7 Å². The predicted octanol–water partition coefficient (Wildman–Crippen LogP) is 5.38. The highest BCUT2D eigenvalue weighted by Crippen LogP contribution is 2.46. The van der Waals surface area contributed by atoms with Gasteiger partial charge in [-0.3, -0.25) is 14.5 Å². The van der Waals surface area contributed by atoms with E-state index < -0.39 is 36.0 Å². The third kappa shape index (κ3) is 4.81. The van der Waals surface area contributed by atoms with Crippen LogP contribution in [0, 0.1) is 5.82 Å². The number of ether oxygens (including phenoxy) is 3. The van der Waals surface area contributed by atoms with Crippen molar-refractivity contribution in [3.05, 3.63) is 71.7 Å². The summed E-state index contributed by atoms with van der Waals surface area (Å²) in [4.78, 5) is 28.9. The van der Waals surface area contributed by atoms with E-state index in [4.69, 9.17) is 14.2 Å². The van der Waals surface area contributed by atoms with Gasteiger partial charge in [0.2, 0.25) is 0 Å². The van der Waals surface area contributed by atoms with Crippen LogP contribution >= 0.6 is 0 Å². The molecular formula is C26H21F4N3O5. The Balaban J connectivity index is 1.49. The number of halogens is 4. The molecule has 38 heavy (non-hydrogen) atoms. The number of alkyl halides is 3. The fourth-order valence-corrected chi connectivity index (χ4v) is 4.36. The Morgan fingerprint density at radius 1 is 1.11 bits per heavy atom. The lowest BCUT2D eigenvalue weighted by Crippen LogP contribution is -2.44. The van der Waals surface area contributed by atoms with Crippen molar-refractivity contribution in [3.63, 3.8) is 0 Å². The van der Waals surface area contributed by atoms with Crippen LogP contribution in [-0.4, -0.2) is 36.3 Å². The summed E-state index contributed by atoms with van der Waals surface area (Å²) >= 11 is 0. The number of hydrogen-bond acceptors (Lipinski definition) is 7. The molecule has 0 unspecified atom stereocenters. The first kappa shape index (κ1) is 25.3. The van der Waals surface area contributed by atoms with E-state index in [0.717, 1.165) is 6.20 Å². The number of pyridine rings is 1. The second-order valence-electron chi connectivity index (χ2n) is 8.58. The topological polar surface area (TPSA) is 90.0 Å². The number of aromatic nitrogens is 1. The molecule has 0 radical (unpaired) electrons. The Hall–Kier alpha value is -4.35. The van der Waals surface area contributed by atoms with E-state index in [0.29, 0.717) is 27.5 Å². The monoisotopic (exact) mass is 531 g/mol. The van der Waals surface area contributed by atoms with Gasteiger partial charge in [-0.1, -0.05) is 19.1 Å². The SMILES string of the molecule is CCC(=O)O[C@@H]1COc2cc(N(C(=O)C(F)(F)F)[C@@H]3COc4c(Nc5ccc(F)cn5)cccc43)ccc21. The van der Waals surface area contributed by atoms with Crippen LogP contribution in [0.5, 0.6) is 11.5 Å². The molecule has 198 valence electrons. The summed E-state index contributed by atoms with van der Waals surface area (Å²) in [5.74, 6) is -2.29. The molecule has 0 fully saturated rings. The van der Waals surface area contributed by atoms with Gasteiger partial charge >= 0.3 is 18.1 Å². The van der Waals surface area contributed by atoms with Gasteiger partial charge in [0.05, 0.1) is 17.9 Å². The number of amides is 1. The standard InChI is InChI=1S/C26H21F4N3O5/c1-2-23(34)38-21-13-36-20-10-15(7-8-17(20)21)33(25(35)26(28,29)30)19-12-37-24-16(19)4-3-5-18(24)32-22-9-6-14(27)11-31-22/h3-11,19,21H,2,12-13H2,1H3,(H,31,32)/t19-,21-/m1/s1. The molecule has 0 bridgehead atoms. The second-order valence-corrected chi connectivity index (χ2v) is 8.58. The maximum Gasteiger partial charge on any atom is 0.471 e. The minimum absolute atomic E-state index is 0.0135. The number of fused-ring (bicyclic) bond motifs is 2. The smallest absolute Gasteiger partial charge is 0.471 e. The van der Waals surface area contributed by atoms with E-state index in [-0.39, 0.29) is 36.8 Å². The number of benzene rings is 2. The van der Waals surface area contributed by atoms with Gasteiger partial charge in [0, 0.05) is 29.3 Å². The highest BCUT2D eigenvalue weighted by Gasteiger charge is 2.48. The molecule has 1 amide bonds. The maximum absolute atomic E-state index is 13.8. The Morgan fingerprint density at radius 2 is 1.92 bits per heavy atom. The van der Waals surface area contributed by atoms with Crippen molar-refractivity contribution in [2.24, 2.45) is 0 Å². The molecule has 8 nitrogen and oxygen atoms in total. The average Bonchev–Trinajstić information content (AvgIpc) is 3.50. The fraction of sp³-hybridized carbons (Fsp3) is 0.269. The van der Waals surface area contributed by atoms with Crippen molar-refractivity contribution in [2.75, 3.05) is 23.4 Å². The lowest BCUT2D eigenvalue weighted by atomic mass is 10.0. The zero-order valence-corrected chi connectivity index (χ0v) is 19.9. The fourth-order valence-electron chi connectivity index (χ4n) is 4.36. The average molecular weight is 531 g/mol. The Bertz CT molecular complexity index is 1380. The minimum atomic E-state index is -5.17. The van der Waals surface area contributed by atoms with Crippen molar-refractivity contribution in [3.8, 4) is 11.5 Å². The molecule has 0 aliphatic carbocycles. The molecule has 2 aromatic carbocycles. The maximum atomic E-state index is 13.8. The van der Waals surface area contributed by atoms with Crippen molar-refractivity contribution < 1.29 is 41.4 Å². The first-order valence-electron chi connectivity index (χ1n) is 11.7. The van der Waals surface area contributed by atoms with Crippen LogP contribution in [0.3, 0.4) is 0 Å². The number of anilines is 3. The van der Waals surface area contributed by atoms with Gasteiger partial charge in [0.25, 0.3) is 0 Å². The van der Waals surface area contributed by atoms with E-state index >= 15 is 0 Å². The van der Waals surface area contributed by atoms with Gasteiger partial charge in [-0.2, -0.15) is 13.2 Å². The molecule has 0 spiro atoms. The van der Waals surface area contributed by atoms with Gasteiger partial charge in [0.15, 0.2) is 6.10 Å². The van der Waals surface area contributed by atoms with Crippen LogP contribution in [0.15, 0.2) is 54.7 Å². The van der Waals surface area contributed by atoms with Crippen molar-refractivity contribution >= 4 is 29.1 Å². The summed E-state index contributed by atoms with van der Waals surface area (Å²) in [6, 6.07) is 10.4. The highest BCUT2D eigenvalue weighted by molar-refractivity contribution is 5.98. The quantitative estimate of drug-likeness (QED) is 0.338. The van der Waals surface area contributed by atoms with E-state index in [1.54, 1.807) is 25.1 Å². The van der Waals surface area contributed by atoms with E-state index in [9.17, 15) is 27.2 Å². The number of esters is 1. The third-order valence-electron chi connectivity index (χ3n) is 6.13. The Labute approximate surface area is 214 Å². The van der Waals surface area contributed by atoms with E-state index in [2.05, 4.69) is 10.3 Å². The molecule has 5 rings (SSSR count). The Kier molecular flexibility index (Phi) is 6.55. The van der Waals surface area contributed by atoms with Crippen LogP contribution in [0.1, 0.15) is 36.6 Å². The molecular weight excluding hydrogens is 510 g/mol. The molecule has 3 aromatic rings.